The van der Waals surface area contributed by atoms with E-state index in [1.165, 1.54) is 17.4 Å². The van der Waals surface area contributed by atoms with Crippen molar-refractivity contribution in [3.05, 3.63) is 45.5 Å². The number of halogens is 3. The lowest BCUT2D eigenvalue weighted by atomic mass is 9.73. The maximum Gasteiger partial charge on any atom is 0.412 e. The van der Waals surface area contributed by atoms with Gasteiger partial charge in [-0.1, -0.05) is 87.5 Å². The second-order valence-corrected chi connectivity index (χ2v) is 26.9. The molecule has 12 heteroatoms. The van der Waals surface area contributed by atoms with Crippen LogP contribution in [0.4, 0.5) is 13.2 Å². The molecule has 1 aromatic heterocycles. The molecule has 2 rings (SSSR count). The summed E-state index contributed by atoms with van der Waals surface area (Å²) in [6, 6.07) is 2.44. The van der Waals surface area contributed by atoms with Gasteiger partial charge in [0.15, 0.2) is 16.6 Å². The second-order valence-electron chi connectivity index (χ2n) is 16.4. The summed E-state index contributed by atoms with van der Waals surface area (Å²) in [4.78, 5) is 33.2. The van der Waals surface area contributed by atoms with Gasteiger partial charge in [0.1, 0.15) is 11.9 Å². The third-order valence-corrected chi connectivity index (χ3v) is 21.2. The number of hydrogen-bond acceptors (Lipinski definition) is 7. The van der Waals surface area contributed by atoms with Gasteiger partial charge < -0.3 is 13.6 Å². The first-order valence-electron chi connectivity index (χ1n) is 18.5. The van der Waals surface area contributed by atoms with Crippen LogP contribution >= 0.6 is 11.3 Å². The summed E-state index contributed by atoms with van der Waals surface area (Å²) in [6.07, 6.45) is -1.53. The lowest BCUT2D eigenvalue weighted by Crippen LogP contribution is -2.53. The summed E-state index contributed by atoms with van der Waals surface area (Å²) in [5, 5.41) is 2.53. The van der Waals surface area contributed by atoms with Crippen LogP contribution in [0.5, 0.6) is 0 Å². The van der Waals surface area contributed by atoms with Crippen molar-refractivity contribution in [2.75, 3.05) is 0 Å². The maximum atomic E-state index is 14.8. The number of cyclic esters (lactones) is 1. The van der Waals surface area contributed by atoms with Gasteiger partial charge >= 0.3 is 12.1 Å². The Morgan fingerprint density at radius 3 is 2.16 bits per heavy atom. The normalized spacial score (nSPS) is 27.1. The summed E-state index contributed by atoms with van der Waals surface area (Å²) in [5.41, 5.74) is -0.609. The average molecular weight is 772 g/mol. The Balaban J connectivity index is 2.81. The third-order valence-electron chi connectivity index (χ3n) is 11.3. The number of carbonyl (C=O) groups excluding carboxylic acids is 2. The number of alkyl halides is 3. The number of aryl methyl sites for hydroxylation is 1. The Kier molecular flexibility index (Phi) is 16.0. The van der Waals surface area contributed by atoms with Crippen molar-refractivity contribution in [1.29, 1.82) is 0 Å². The monoisotopic (exact) mass is 771 g/mol. The van der Waals surface area contributed by atoms with Crippen molar-refractivity contribution in [3.8, 4) is 0 Å². The number of ether oxygens (including phenoxy) is 1. The molecule has 51 heavy (non-hydrogen) atoms. The zero-order chi connectivity index (χ0) is 39.2. The van der Waals surface area contributed by atoms with Crippen LogP contribution < -0.4 is 0 Å². The summed E-state index contributed by atoms with van der Waals surface area (Å²) in [6.45, 7) is 27.9. The van der Waals surface area contributed by atoms with Crippen LogP contribution in [0.1, 0.15) is 106 Å². The number of carbonyl (C=O) groups is 2. The van der Waals surface area contributed by atoms with Gasteiger partial charge in [-0.25, -0.2) is 4.98 Å². The van der Waals surface area contributed by atoms with Crippen molar-refractivity contribution in [1.82, 2.24) is 4.98 Å². The van der Waals surface area contributed by atoms with Gasteiger partial charge in [0.25, 0.3) is 0 Å². The van der Waals surface area contributed by atoms with E-state index in [4.69, 9.17) is 13.6 Å². The molecule has 6 nitrogen and oxygen atoms in total. The van der Waals surface area contributed by atoms with Crippen molar-refractivity contribution < 1.29 is 36.3 Å². The lowest BCUT2D eigenvalue weighted by Gasteiger charge is -2.45. The van der Waals surface area contributed by atoms with Gasteiger partial charge in [-0.15, -0.1) is 11.3 Å². The summed E-state index contributed by atoms with van der Waals surface area (Å²) < 4.78 is 63.2. The number of thiazole rings is 1. The minimum atomic E-state index is -4.59. The first-order chi connectivity index (χ1) is 23.3. The number of ketones is 1. The summed E-state index contributed by atoms with van der Waals surface area (Å²) in [7, 11) is -4.79. The molecule has 0 radical (unpaired) electrons. The summed E-state index contributed by atoms with van der Waals surface area (Å²) >= 11 is 1.46. The van der Waals surface area contributed by atoms with Gasteiger partial charge in [-0.05, 0) is 74.1 Å². The molecule has 0 N–H and O–H groups in total. The molecule has 5 atom stereocenters. The standard InChI is InChI=1S/C39H64F3NO5SSi2/c1-15-51(16-2,17-3)47-33-24-34(44)46-32(27(5)23-31-25-49-29(7)43-31)22-21-30(39(40,41)42)20-18-19-26(4)35(28(6)36(45)38(33,11)12)48-50(13,14)37(8,9)10/h18-19,21,23,25-26,28,32-33,35H,15-17,20,22,24H2,1-14H3/b19-18+,27-23+,30-21-/t26-,28+,32?,33?,35-/m0/s1. The Bertz CT molecular complexity index is 1410. The van der Waals surface area contributed by atoms with Gasteiger partial charge in [0.2, 0.25) is 0 Å². The predicted molar refractivity (Wildman–Crippen MR) is 209 cm³/mol. The van der Waals surface area contributed by atoms with Crippen LogP contribution in [0.2, 0.25) is 36.3 Å². The highest BCUT2D eigenvalue weighted by Gasteiger charge is 2.49. The zero-order valence-electron chi connectivity index (χ0n) is 33.5. The molecule has 0 bridgehead atoms. The number of esters is 1. The number of nitrogens with zero attached hydrogens (tertiary/aromatic N) is 1. The predicted octanol–water partition coefficient (Wildman–Crippen LogP) is 11.6. The molecule has 1 aromatic rings. The molecular formula is C39H64F3NO5SSi2. The minimum absolute atomic E-state index is 0.107. The molecule has 0 saturated heterocycles. The van der Waals surface area contributed by atoms with Crippen LogP contribution in [-0.4, -0.2) is 57.9 Å². The smallest absolute Gasteiger partial charge is 0.412 e. The largest absolute Gasteiger partial charge is 0.457 e. The van der Waals surface area contributed by atoms with Gasteiger partial charge in [0, 0.05) is 28.7 Å². The molecule has 2 heterocycles. The fourth-order valence-corrected chi connectivity index (χ4v) is 11.4. The number of allylic oxidation sites excluding steroid dienone is 2. The first-order valence-corrected chi connectivity index (χ1v) is 24.8. The van der Waals surface area contributed by atoms with Gasteiger partial charge in [-0.2, -0.15) is 13.2 Å². The van der Waals surface area contributed by atoms with E-state index in [0.717, 1.165) is 29.2 Å². The van der Waals surface area contributed by atoms with Crippen LogP contribution in [0.3, 0.4) is 0 Å². The van der Waals surface area contributed by atoms with Crippen molar-refractivity contribution in [3.63, 3.8) is 0 Å². The Labute approximate surface area is 312 Å². The molecule has 0 amide bonds. The molecular weight excluding hydrogens is 708 g/mol. The van der Waals surface area contributed by atoms with Crippen molar-refractivity contribution >= 4 is 45.8 Å². The molecule has 1 aliphatic heterocycles. The minimum Gasteiger partial charge on any atom is -0.457 e. The molecule has 0 aromatic carbocycles. The number of rotatable bonds is 9. The highest BCUT2D eigenvalue weighted by molar-refractivity contribution is 7.09. The fraction of sp³-hybridized carbons (Fsp3) is 0.718. The van der Waals surface area contributed by atoms with Crippen LogP contribution in [0.15, 0.2) is 34.8 Å². The van der Waals surface area contributed by atoms with Crippen LogP contribution in [-0.2, 0) is 23.2 Å². The van der Waals surface area contributed by atoms with Gasteiger partial charge in [-0.3, -0.25) is 9.59 Å². The van der Waals surface area contributed by atoms with Gasteiger partial charge in [0.05, 0.1) is 29.3 Å². The molecule has 0 aliphatic carbocycles. The topological polar surface area (TPSA) is 74.7 Å². The average Bonchev–Trinajstić information content (AvgIpc) is 3.44. The fourth-order valence-electron chi connectivity index (χ4n) is 6.36. The van der Waals surface area contributed by atoms with E-state index in [1.54, 1.807) is 19.1 Å². The quantitative estimate of drug-likeness (QED) is 0.141. The molecule has 2 unspecified atom stereocenters. The number of Topliss-reactive ketones (excluding diaryl/α,β-unsaturated/α-hetero) is 1. The van der Waals surface area contributed by atoms with E-state index < -0.39 is 64.0 Å². The molecule has 0 spiro atoms. The number of hydrogen-bond donors (Lipinski definition) is 0. The Morgan fingerprint density at radius 2 is 1.67 bits per heavy atom. The highest BCUT2D eigenvalue weighted by Crippen LogP contribution is 2.42. The van der Waals surface area contributed by atoms with E-state index in [0.29, 0.717) is 11.3 Å². The first kappa shape index (κ1) is 45.3. The lowest BCUT2D eigenvalue weighted by molar-refractivity contribution is -0.153. The molecule has 0 fully saturated rings. The molecule has 290 valence electrons. The Hall–Kier alpha value is -1.87. The summed E-state index contributed by atoms with van der Waals surface area (Å²) in [5.74, 6) is -1.73. The number of aromatic nitrogens is 1. The van der Waals surface area contributed by atoms with E-state index >= 15 is 0 Å². The van der Waals surface area contributed by atoms with E-state index in [9.17, 15) is 22.8 Å². The molecule has 0 saturated carbocycles. The second kappa shape index (κ2) is 18.0. The van der Waals surface area contributed by atoms with Crippen LogP contribution in [0, 0.1) is 24.2 Å². The Morgan fingerprint density at radius 1 is 1.08 bits per heavy atom. The van der Waals surface area contributed by atoms with E-state index in [1.807, 2.05) is 40.0 Å². The third kappa shape index (κ3) is 12.1. The van der Waals surface area contributed by atoms with E-state index in [2.05, 4.69) is 59.6 Å². The zero-order valence-corrected chi connectivity index (χ0v) is 36.4. The highest BCUT2D eigenvalue weighted by atomic mass is 32.1. The molecule has 1 aliphatic rings. The maximum absolute atomic E-state index is 14.8. The SMILES string of the molecule is CC[Si](CC)(CC)OC1CC(=O)OC(/C(C)=C/c2csc(C)n2)C/C=C(\C(F)(F)F)C/C=C/[C@H](C)[C@H](O[Si](C)(C)C(C)(C)C)[C@@H](C)C(=O)C1(C)C. The van der Waals surface area contributed by atoms with Crippen molar-refractivity contribution in [2.24, 2.45) is 17.3 Å². The van der Waals surface area contributed by atoms with Crippen LogP contribution in [0.25, 0.3) is 6.08 Å². The van der Waals surface area contributed by atoms with Crippen molar-refractivity contribution in [2.45, 2.75) is 163 Å². The van der Waals surface area contributed by atoms with E-state index in [-0.39, 0.29) is 36.0 Å².